The first-order valence-corrected chi connectivity index (χ1v) is 7.18. The van der Waals surface area contributed by atoms with Gasteiger partial charge in [0.1, 0.15) is 11.1 Å². The van der Waals surface area contributed by atoms with Crippen molar-refractivity contribution < 1.29 is 25.0 Å². The number of oxime groups is 1. The van der Waals surface area contributed by atoms with Gasteiger partial charge in [-0.1, -0.05) is 5.16 Å². The predicted octanol–water partition coefficient (Wildman–Crippen LogP) is 0.435. The minimum Gasteiger partial charge on any atom is -0.477 e. The van der Waals surface area contributed by atoms with E-state index in [1.54, 1.807) is 6.92 Å². The van der Waals surface area contributed by atoms with Crippen LogP contribution < -0.4 is 0 Å². The van der Waals surface area contributed by atoms with E-state index in [-0.39, 0.29) is 22.9 Å². The second-order valence-electron chi connectivity index (χ2n) is 5.27. The maximum Gasteiger partial charge on any atom is 0.353 e. The van der Waals surface area contributed by atoms with Crippen LogP contribution in [0.3, 0.4) is 0 Å². The second kappa shape index (κ2) is 4.49. The molecule has 3 N–H and O–H groups in total. The number of aliphatic hydroxyl groups excluding tert-OH is 1. The monoisotopic (exact) mass is 298 g/mol. The number of aliphatic carboxylic acids is 1. The molecule has 3 aliphatic rings. The highest BCUT2D eigenvalue weighted by molar-refractivity contribution is 8.04. The zero-order valence-corrected chi connectivity index (χ0v) is 11.5. The highest BCUT2D eigenvalue weighted by atomic mass is 32.2. The van der Waals surface area contributed by atoms with Crippen LogP contribution in [0.15, 0.2) is 15.8 Å². The maximum atomic E-state index is 12.0. The molecule has 1 saturated heterocycles. The third kappa shape index (κ3) is 1.68. The molecule has 3 rings (SSSR count). The van der Waals surface area contributed by atoms with Gasteiger partial charge in [-0.3, -0.25) is 9.69 Å². The van der Waals surface area contributed by atoms with Crippen LogP contribution in [0.4, 0.5) is 0 Å². The average molecular weight is 298 g/mol. The van der Waals surface area contributed by atoms with Gasteiger partial charge >= 0.3 is 5.97 Å². The van der Waals surface area contributed by atoms with E-state index in [0.717, 1.165) is 0 Å². The summed E-state index contributed by atoms with van der Waals surface area (Å²) < 4.78 is 0. The largest absolute Gasteiger partial charge is 0.477 e. The van der Waals surface area contributed by atoms with E-state index >= 15 is 0 Å². The lowest BCUT2D eigenvalue weighted by Gasteiger charge is -2.43. The number of carbonyl (C=O) groups is 2. The molecule has 7 nitrogen and oxygen atoms in total. The van der Waals surface area contributed by atoms with Crippen LogP contribution in [0.25, 0.3) is 0 Å². The Morgan fingerprint density at radius 2 is 2.15 bits per heavy atom. The van der Waals surface area contributed by atoms with E-state index in [1.165, 1.54) is 16.7 Å². The molecule has 1 saturated carbocycles. The number of carboxylic acids is 1. The third-order valence-corrected chi connectivity index (χ3v) is 5.53. The molecule has 0 aromatic rings. The first-order chi connectivity index (χ1) is 9.45. The minimum atomic E-state index is -1.12. The number of carboxylic acid groups (broad SMARTS) is 1. The molecular formula is C12H14N2O5S. The van der Waals surface area contributed by atoms with Gasteiger partial charge in [0, 0.05) is 10.8 Å². The highest BCUT2D eigenvalue weighted by Gasteiger charge is 2.58. The van der Waals surface area contributed by atoms with Crippen molar-refractivity contribution in [1.29, 1.82) is 0 Å². The van der Waals surface area contributed by atoms with E-state index in [0.29, 0.717) is 23.5 Å². The van der Waals surface area contributed by atoms with Crippen molar-refractivity contribution >= 4 is 29.4 Å². The average Bonchev–Trinajstić information content (AvgIpc) is 2.62. The van der Waals surface area contributed by atoms with Crippen molar-refractivity contribution in [2.75, 3.05) is 0 Å². The van der Waals surface area contributed by atoms with Gasteiger partial charge in [0.05, 0.1) is 17.7 Å². The standard InChI is InChI=1S/C12H14N2O5S/c1-4(15)7-10(16)14-8(12(17)18)9(20-11(7)14)5-2-6(3-5)13-19/h4-5,7,11,15,19H,2-3H2,1H3,(H,17,18)/t4-,5?,7+,11-/m1/s1. The summed E-state index contributed by atoms with van der Waals surface area (Å²) in [6.07, 6.45) is 0.245. The van der Waals surface area contributed by atoms with Gasteiger partial charge in [0.15, 0.2) is 0 Å². The summed E-state index contributed by atoms with van der Waals surface area (Å²) in [6.45, 7) is 1.54. The molecule has 2 aliphatic heterocycles. The topological polar surface area (TPSA) is 110 Å². The van der Waals surface area contributed by atoms with Gasteiger partial charge < -0.3 is 15.4 Å². The molecule has 3 atom stereocenters. The number of allylic oxidation sites excluding steroid dienone is 1. The van der Waals surface area contributed by atoms with E-state index in [2.05, 4.69) is 5.16 Å². The molecule has 1 amide bonds. The Bertz CT molecular complexity index is 548. The van der Waals surface area contributed by atoms with Crippen LogP contribution in [0, 0.1) is 11.8 Å². The maximum absolute atomic E-state index is 12.0. The van der Waals surface area contributed by atoms with Crippen molar-refractivity contribution in [2.24, 2.45) is 17.0 Å². The lowest BCUT2D eigenvalue weighted by Crippen LogP contribution is -2.60. The van der Waals surface area contributed by atoms with Crippen LogP contribution in [0.2, 0.25) is 0 Å². The normalized spacial score (nSPS) is 33.5. The smallest absolute Gasteiger partial charge is 0.353 e. The van der Waals surface area contributed by atoms with Crippen LogP contribution in [-0.2, 0) is 9.59 Å². The molecule has 0 bridgehead atoms. The minimum absolute atomic E-state index is 0.00921. The number of hydrogen-bond donors (Lipinski definition) is 3. The van der Waals surface area contributed by atoms with Gasteiger partial charge in [0.2, 0.25) is 5.91 Å². The van der Waals surface area contributed by atoms with E-state index in [9.17, 15) is 19.8 Å². The summed E-state index contributed by atoms with van der Waals surface area (Å²) in [7, 11) is 0. The molecule has 0 aromatic heterocycles. The molecular weight excluding hydrogens is 284 g/mol. The number of aliphatic hydroxyl groups is 1. The SMILES string of the molecule is C[C@@H](O)[C@H]1C(=O)N2C(C(=O)O)=C(C3CC(=NO)C3)S[C@H]12. The summed E-state index contributed by atoms with van der Waals surface area (Å²) in [6, 6.07) is 0. The Balaban J connectivity index is 1.87. The summed E-state index contributed by atoms with van der Waals surface area (Å²) in [5.74, 6) is -2.01. The van der Waals surface area contributed by atoms with Gasteiger partial charge in [-0.2, -0.15) is 0 Å². The van der Waals surface area contributed by atoms with E-state index in [1.807, 2.05) is 0 Å². The molecule has 108 valence electrons. The fourth-order valence-electron chi connectivity index (χ4n) is 2.87. The number of rotatable bonds is 3. The van der Waals surface area contributed by atoms with Gasteiger partial charge in [0.25, 0.3) is 0 Å². The number of carbonyl (C=O) groups excluding carboxylic acids is 1. The summed E-state index contributed by atoms with van der Waals surface area (Å²) in [5.41, 5.74) is 0.671. The molecule has 0 unspecified atom stereocenters. The Morgan fingerprint density at radius 3 is 2.65 bits per heavy atom. The summed E-state index contributed by atoms with van der Waals surface area (Å²) in [5, 5.41) is 30.4. The zero-order valence-electron chi connectivity index (χ0n) is 10.7. The Kier molecular flexibility index (Phi) is 3.02. The third-order valence-electron chi connectivity index (χ3n) is 4.00. The van der Waals surface area contributed by atoms with E-state index < -0.39 is 18.0 Å². The van der Waals surface area contributed by atoms with Crippen molar-refractivity contribution in [2.45, 2.75) is 31.2 Å². The first kappa shape index (κ1) is 13.4. The predicted molar refractivity (Wildman–Crippen MR) is 70.0 cm³/mol. The molecule has 0 aromatic carbocycles. The Labute approximate surface area is 118 Å². The molecule has 0 radical (unpaired) electrons. The Morgan fingerprint density at radius 1 is 1.50 bits per heavy atom. The lowest BCUT2D eigenvalue weighted by molar-refractivity contribution is -0.156. The van der Waals surface area contributed by atoms with Crippen LogP contribution >= 0.6 is 11.8 Å². The van der Waals surface area contributed by atoms with Crippen molar-refractivity contribution in [3.63, 3.8) is 0 Å². The quantitative estimate of drug-likeness (QED) is 0.396. The van der Waals surface area contributed by atoms with Crippen molar-refractivity contribution in [3.05, 3.63) is 10.6 Å². The highest BCUT2D eigenvalue weighted by Crippen LogP contribution is 2.55. The molecule has 8 heteroatoms. The van der Waals surface area contributed by atoms with Crippen LogP contribution in [-0.4, -0.2) is 49.4 Å². The summed E-state index contributed by atoms with van der Waals surface area (Å²) in [4.78, 5) is 25.3. The number of nitrogens with zero attached hydrogens (tertiary/aromatic N) is 2. The fourth-order valence-corrected chi connectivity index (χ4v) is 4.59. The van der Waals surface area contributed by atoms with Gasteiger partial charge in [-0.15, -0.1) is 11.8 Å². The van der Waals surface area contributed by atoms with Crippen LogP contribution in [0.5, 0.6) is 0 Å². The lowest BCUT2D eigenvalue weighted by atomic mass is 9.82. The number of fused-ring (bicyclic) bond motifs is 1. The van der Waals surface area contributed by atoms with Gasteiger partial charge in [-0.05, 0) is 19.8 Å². The Hall–Kier alpha value is -1.54. The second-order valence-corrected chi connectivity index (χ2v) is 6.43. The summed E-state index contributed by atoms with van der Waals surface area (Å²) >= 11 is 1.34. The molecule has 1 aliphatic carbocycles. The van der Waals surface area contributed by atoms with Crippen LogP contribution in [0.1, 0.15) is 19.8 Å². The number of hydrogen-bond acceptors (Lipinski definition) is 6. The number of thioether (sulfide) groups is 1. The molecule has 2 heterocycles. The number of amides is 1. The molecule has 0 spiro atoms. The fraction of sp³-hybridized carbons (Fsp3) is 0.583. The van der Waals surface area contributed by atoms with Crippen molar-refractivity contribution in [3.8, 4) is 0 Å². The molecule has 20 heavy (non-hydrogen) atoms. The van der Waals surface area contributed by atoms with Gasteiger partial charge in [-0.25, -0.2) is 4.79 Å². The number of β-lactam (4-membered cyclic amide) rings is 1. The van der Waals surface area contributed by atoms with E-state index in [4.69, 9.17) is 5.21 Å². The van der Waals surface area contributed by atoms with Crippen molar-refractivity contribution in [1.82, 2.24) is 4.90 Å². The zero-order chi connectivity index (χ0) is 14.6. The molecule has 2 fully saturated rings. The first-order valence-electron chi connectivity index (χ1n) is 6.30.